The lowest BCUT2D eigenvalue weighted by Crippen LogP contribution is -2.49. The number of amides is 1. The van der Waals surface area contributed by atoms with Crippen LogP contribution < -0.4 is 10.6 Å². The minimum Gasteiger partial charge on any atom is -0.359 e. The molecule has 1 saturated heterocycles. The van der Waals surface area contributed by atoms with Crippen molar-refractivity contribution >= 4 is 23.2 Å². The van der Waals surface area contributed by atoms with Crippen LogP contribution in [-0.4, -0.2) is 41.6 Å². The van der Waals surface area contributed by atoms with Gasteiger partial charge in [0.2, 0.25) is 0 Å². The van der Waals surface area contributed by atoms with Gasteiger partial charge in [-0.3, -0.25) is 4.79 Å². The van der Waals surface area contributed by atoms with Crippen LogP contribution in [0.5, 0.6) is 0 Å². The molecular weight excluding hydrogens is 301 g/mol. The summed E-state index contributed by atoms with van der Waals surface area (Å²) in [6.07, 6.45) is 3.33. The lowest BCUT2D eigenvalue weighted by Gasteiger charge is -2.34. The van der Waals surface area contributed by atoms with E-state index in [9.17, 15) is 9.18 Å². The topological polar surface area (TPSA) is 44.4 Å². The maximum absolute atomic E-state index is 13.6. The van der Waals surface area contributed by atoms with Crippen molar-refractivity contribution in [3.63, 3.8) is 0 Å². The number of benzene rings is 1. The van der Waals surface area contributed by atoms with Crippen molar-refractivity contribution in [1.82, 2.24) is 15.5 Å². The largest absolute Gasteiger partial charge is 0.359 e. The number of hydrogen-bond acceptors (Lipinski definition) is 2. The second-order valence-corrected chi connectivity index (χ2v) is 5.58. The smallest absolute Gasteiger partial charge is 0.254 e. The molecule has 0 saturated carbocycles. The molecule has 118 valence electrons. The number of nitrogens with one attached hydrogen (secondary N) is 2. The number of likely N-dealkylation sites (tertiary alicyclic amines) is 1. The van der Waals surface area contributed by atoms with Gasteiger partial charge in [-0.2, -0.15) is 0 Å². The van der Waals surface area contributed by atoms with Crippen LogP contribution in [0.3, 0.4) is 0 Å². The molecule has 1 aliphatic heterocycles. The van der Waals surface area contributed by atoms with E-state index >= 15 is 0 Å². The number of thiocarbonyl (C=S) groups is 1. The average molecular weight is 321 g/mol. The molecule has 2 N–H and O–H groups in total. The van der Waals surface area contributed by atoms with Gasteiger partial charge in [0, 0.05) is 25.7 Å². The number of nitrogens with zero attached hydrogens (tertiary/aromatic N) is 1. The van der Waals surface area contributed by atoms with E-state index in [1.807, 2.05) is 0 Å². The lowest BCUT2D eigenvalue weighted by molar-refractivity contribution is 0.0918. The first-order valence-corrected chi connectivity index (χ1v) is 7.71. The summed E-state index contributed by atoms with van der Waals surface area (Å²) >= 11 is 5.29. The van der Waals surface area contributed by atoms with E-state index in [-0.39, 0.29) is 17.5 Å². The number of piperidine rings is 1. The van der Waals surface area contributed by atoms with Crippen LogP contribution in [0.4, 0.5) is 4.39 Å². The molecule has 0 radical (unpaired) electrons. The minimum absolute atomic E-state index is 0.0468. The van der Waals surface area contributed by atoms with Crippen molar-refractivity contribution in [2.24, 2.45) is 0 Å². The first kappa shape index (κ1) is 16.4. The van der Waals surface area contributed by atoms with E-state index in [0.717, 1.165) is 25.9 Å². The number of carbonyl (C=O) groups is 1. The van der Waals surface area contributed by atoms with Gasteiger partial charge in [-0.1, -0.05) is 18.2 Å². The van der Waals surface area contributed by atoms with Crippen LogP contribution in [0, 0.1) is 5.82 Å². The molecule has 0 spiro atoms. The molecular formula is C16H20FN3OS. The molecule has 6 heteroatoms. The van der Waals surface area contributed by atoms with Crippen molar-refractivity contribution in [3.05, 3.63) is 48.3 Å². The van der Waals surface area contributed by atoms with Crippen LogP contribution in [0.15, 0.2) is 36.9 Å². The predicted octanol–water partition coefficient (Wildman–Crippen LogP) is 2.08. The van der Waals surface area contributed by atoms with Crippen molar-refractivity contribution in [2.45, 2.75) is 18.9 Å². The minimum atomic E-state index is -0.493. The molecule has 1 aromatic rings. The van der Waals surface area contributed by atoms with E-state index in [0.29, 0.717) is 11.7 Å². The van der Waals surface area contributed by atoms with Crippen LogP contribution in [0.1, 0.15) is 23.2 Å². The number of carbonyl (C=O) groups excluding carboxylic acids is 1. The Balaban J connectivity index is 1.82. The van der Waals surface area contributed by atoms with Crippen molar-refractivity contribution in [2.75, 3.05) is 19.6 Å². The van der Waals surface area contributed by atoms with Gasteiger partial charge in [0.15, 0.2) is 5.11 Å². The quantitative estimate of drug-likeness (QED) is 0.658. The highest BCUT2D eigenvalue weighted by Crippen LogP contribution is 2.13. The fourth-order valence-electron chi connectivity index (χ4n) is 2.41. The van der Waals surface area contributed by atoms with E-state index < -0.39 is 5.82 Å². The van der Waals surface area contributed by atoms with E-state index in [2.05, 4.69) is 22.1 Å². The summed E-state index contributed by atoms with van der Waals surface area (Å²) in [5, 5.41) is 6.69. The maximum Gasteiger partial charge on any atom is 0.254 e. The van der Waals surface area contributed by atoms with E-state index in [4.69, 9.17) is 12.2 Å². The molecule has 0 atom stereocenters. The molecule has 22 heavy (non-hydrogen) atoms. The summed E-state index contributed by atoms with van der Waals surface area (Å²) in [6.45, 7) is 5.82. The highest BCUT2D eigenvalue weighted by Gasteiger charge is 2.23. The maximum atomic E-state index is 13.6. The second kappa shape index (κ2) is 7.89. The molecule has 1 amide bonds. The molecule has 1 aliphatic rings. The molecule has 1 aromatic carbocycles. The lowest BCUT2D eigenvalue weighted by atomic mass is 10.0. The van der Waals surface area contributed by atoms with Gasteiger partial charge in [0.1, 0.15) is 5.82 Å². The monoisotopic (exact) mass is 321 g/mol. The third-order valence-corrected chi connectivity index (χ3v) is 4.04. The third kappa shape index (κ3) is 4.27. The Bertz CT molecular complexity index is 556. The van der Waals surface area contributed by atoms with Gasteiger partial charge in [0.25, 0.3) is 5.91 Å². The Kier molecular flexibility index (Phi) is 5.89. The first-order chi connectivity index (χ1) is 10.6. The van der Waals surface area contributed by atoms with E-state index in [1.54, 1.807) is 18.2 Å². The van der Waals surface area contributed by atoms with Crippen molar-refractivity contribution < 1.29 is 9.18 Å². The fraction of sp³-hybridized carbons (Fsp3) is 0.375. The molecule has 4 nitrogen and oxygen atoms in total. The molecule has 2 rings (SSSR count). The second-order valence-electron chi connectivity index (χ2n) is 5.19. The van der Waals surface area contributed by atoms with Gasteiger partial charge < -0.3 is 15.5 Å². The van der Waals surface area contributed by atoms with E-state index in [1.165, 1.54) is 12.1 Å². The number of halogens is 1. The zero-order valence-electron chi connectivity index (χ0n) is 12.3. The Morgan fingerprint density at radius 3 is 2.73 bits per heavy atom. The van der Waals surface area contributed by atoms with Crippen LogP contribution in [0.2, 0.25) is 0 Å². The van der Waals surface area contributed by atoms with Gasteiger partial charge in [-0.05, 0) is 37.2 Å². The first-order valence-electron chi connectivity index (χ1n) is 7.31. The van der Waals surface area contributed by atoms with Gasteiger partial charge in [0.05, 0.1) is 5.56 Å². The van der Waals surface area contributed by atoms with Crippen LogP contribution >= 0.6 is 12.2 Å². The summed E-state index contributed by atoms with van der Waals surface area (Å²) < 4.78 is 13.6. The Labute approximate surface area is 135 Å². The summed E-state index contributed by atoms with van der Waals surface area (Å²) in [5.41, 5.74) is 0.0908. The molecule has 0 bridgehead atoms. The summed E-state index contributed by atoms with van der Waals surface area (Å²) in [5.74, 6) is -0.851. The Morgan fingerprint density at radius 1 is 1.41 bits per heavy atom. The van der Waals surface area contributed by atoms with Gasteiger partial charge >= 0.3 is 0 Å². The standard InChI is InChI=1S/C16H20FN3OS/c1-2-9-18-16(22)20-10-7-12(8-11-20)19-15(21)13-5-3-4-6-14(13)17/h2-6,12H,1,7-11H2,(H,18,22)(H,19,21). The number of hydrogen-bond donors (Lipinski definition) is 2. The normalized spacial score (nSPS) is 15.2. The predicted molar refractivity (Wildman–Crippen MR) is 89.3 cm³/mol. The number of rotatable bonds is 4. The molecule has 0 aliphatic carbocycles. The molecule has 1 heterocycles. The van der Waals surface area contributed by atoms with Crippen LogP contribution in [0.25, 0.3) is 0 Å². The Morgan fingerprint density at radius 2 is 2.09 bits per heavy atom. The average Bonchev–Trinajstić information content (AvgIpc) is 2.53. The summed E-state index contributed by atoms with van der Waals surface area (Å²) in [4.78, 5) is 14.2. The zero-order chi connectivity index (χ0) is 15.9. The highest BCUT2D eigenvalue weighted by atomic mass is 32.1. The van der Waals surface area contributed by atoms with Crippen molar-refractivity contribution in [1.29, 1.82) is 0 Å². The van der Waals surface area contributed by atoms with Gasteiger partial charge in [-0.15, -0.1) is 6.58 Å². The fourth-order valence-corrected chi connectivity index (χ4v) is 2.67. The summed E-state index contributed by atoms with van der Waals surface area (Å²) in [7, 11) is 0. The molecule has 0 unspecified atom stereocenters. The SMILES string of the molecule is C=CCNC(=S)N1CCC(NC(=O)c2ccccc2F)CC1. The zero-order valence-corrected chi connectivity index (χ0v) is 13.2. The Hall–Kier alpha value is -1.95. The third-order valence-electron chi connectivity index (χ3n) is 3.63. The molecule has 1 fully saturated rings. The van der Waals surface area contributed by atoms with Gasteiger partial charge in [-0.25, -0.2) is 4.39 Å². The summed E-state index contributed by atoms with van der Waals surface area (Å²) in [6, 6.07) is 6.06. The molecule has 0 aromatic heterocycles. The van der Waals surface area contributed by atoms with Crippen molar-refractivity contribution in [3.8, 4) is 0 Å². The van der Waals surface area contributed by atoms with Crippen LogP contribution in [-0.2, 0) is 0 Å². The highest BCUT2D eigenvalue weighted by molar-refractivity contribution is 7.80.